The Morgan fingerprint density at radius 1 is 1.19 bits per heavy atom. The van der Waals surface area contributed by atoms with Crippen LogP contribution in [0.5, 0.6) is 11.5 Å². The van der Waals surface area contributed by atoms with Gasteiger partial charge in [-0.15, -0.1) is 0 Å². The summed E-state index contributed by atoms with van der Waals surface area (Å²) in [5.41, 5.74) is 1.20. The van der Waals surface area contributed by atoms with Gasteiger partial charge in [0.2, 0.25) is 0 Å². The van der Waals surface area contributed by atoms with Crippen molar-refractivity contribution in [3.05, 3.63) is 23.0 Å². The Kier molecular flexibility index (Phi) is 6.35. The van der Waals surface area contributed by atoms with Crippen molar-refractivity contribution < 1.29 is 19.0 Å². The summed E-state index contributed by atoms with van der Waals surface area (Å²) < 4.78 is 25.9. The van der Waals surface area contributed by atoms with E-state index in [1.807, 2.05) is 0 Å². The van der Waals surface area contributed by atoms with Gasteiger partial charge in [-0.1, -0.05) is 33.1 Å². The van der Waals surface area contributed by atoms with Crippen molar-refractivity contribution in [2.75, 3.05) is 14.2 Å². The summed E-state index contributed by atoms with van der Waals surface area (Å²) in [6, 6.07) is 1.54. The lowest BCUT2D eigenvalue weighted by molar-refractivity contribution is -0.0336. The van der Waals surface area contributed by atoms with Gasteiger partial charge in [0, 0.05) is 11.1 Å². The van der Waals surface area contributed by atoms with E-state index in [1.54, 1.807) is 20.3 Å². The van der Waals surface area contributed by atoms with Gasteiger partial charge in [0.15, 0.2) is 11.5 Å². The molecule has 2 aliphatic carbocycles. The van der Waals surface area contributed by atoms with E-state index in [0.29, 0.717) is 40.7 Å². The van der Waals surface area contributed by atoms with Crippen LogP contribution in [0.4, 0.5) is 4.39 Å². The molecule has 27 heavy (non-hydrogen) atoms. The molecule has 1 N–H and O–H groups in total. The van der Waals surface area contributed by atoms with E-state index in [9.17, 15) is 5.11 Å². The van der Waals surface area contributed by atoms with Crippen molar-refractivity contribution in [2.24, 2.45) is 23.2 Å². The number of ether oxygens (including phenoxy) is 2. The number of hydrogen-bond donors (Lipinski definition) is 1. The standard InChI is InChI=1S/C23H35FO3/c1-15-8-9-17-7-5-6-12-23(17,2)19(15)11-10-18-21(24)16(14-25)13-20(26-3)22(18)27-4/h13,15,17,19,25H,5-12,14H2,1-4H3. The van der Waals surface area contributed by atoms with Crippen LogP contribution >= 0.6 is 0 Å². The molecule has 4 unspecified atom stereocenters. The third kappa shape index (κ3) is 3.70. The molecule has 0 heterocycles. The molecule has 2 fully saturated rings. The fourth-order valence-electron chi connectivity index (χ4n) is 6.07. The Balaban J connectivity index is 1.88. The van der Waals surface area contributed by atoms with Gasteiger partial charge in [0.1, 0.15) is 5.82 Å². The number of fused-ring (bicyclic) bond motifs is 1. The lowest BCUT2D eigenvalue weighted by Gasteiger charge is -2.53. The summed E-state index contributed by atoms with van der Waals surface area (Å²) in [7, 11) is 3.11. The second kappa shape index (κ2) is 8.38. The van der Waals surface area contributed by atoms with E-state index in [1.165, 1.54) is 38.5 Å². The molecule has 0 aliphatic heterocycles. The first-order chi connectivity index (χ1) is 13.0. The van der Waals surface area contributed by atoms with E-state index in [-0.39, 0.29) is 18.0 Å². The summed E-state index contributed by atoms with van der Waals surface area (Å²) >= 11 is 0. The second-order valence-electron chi connectivity index (χ2n) is 8.87. The molecule has 1 aromatic carbocycles. The first-order valence-corrected chi connectivity index (χ1v) is 10.5. The summed E-state index contributed by atoms with van der Waals surface area (Å²) in [6.45, 7) is 4.52. The molecule has 1 aromatic rings. The first kappa shape index (κ1) is 20.4. The summed E-state index contributed by atoms with van der Waals surface area (Å²) in [5.74, 6) is 2.71. The molecule has 0 radical (unpaired) electrons. The van der Waals surface area contributed by atoms with Crippen molar-refractivity contribution in [2.45, 2.75) is 71.8 Å². The highest BCUT2D eigenvalue weighted by molar-refractivity contribution is 5.50. The summed E-state index contributed by atoms with van der Waals surface area (Å²) in [5, 5.41) is 9.54. The Labute approximate surface area is 163 Å². The maximum absolute atomic E-state index is 15.0. The van der Waals surface area contributed by atoms with Gasteiger partial charge in [0.25, 0.3) is 0 Å². The zero-order valence-corrected chi connectivity index (χ0v) is 17.3. The molecule has 2 aliphatic rings. The number of rotatable bonds is 6. The fourth-order valence-corrected chi connectivity index (χ4v) is 6.07. The van der Waals surface area contributed by atoms with Gasteiger partial charge in [-0.3, -0.25) is 0 Å². The van der Waals surface area contributed by atoms with Crippen LogP contribution in [0.3, 0.4) is 0 Å². The highest BCUT2D eigenvalue weighted by Crippen LogP contribution is 2.56. The monoisotopic (exact) mass is 378 g/mol. The van der Waals surface area contributed by atoms with Crippen LogP contribution in [-0.2, 0) is 13.0 Å². The minimum Gasteiger partial charge on any atom is -0.493 e. The molecule has 4 atom stereocenters. The maximum Gasteiger partial charge on any atom is 0.166 e. The quantitative estimate of drug-likeness (QED) is 0.709. The van der Waals surface area contributed by atoms with Gasteiger partial charge in [-0.05, 0) is 61.3 Å². The van der Waals surface area contributed by atoms with Gasteiger partial charge in [-0.25, -0.2) is 4.39 Å². The molecule has 0 aromatic heterocycles. The lowest BCUT2D eigenvalue weighted by atomic mass is 9.52. The van der Waals surface area contributed by atoms with E-state index in [2.05, 4.69) is 13.8 Å². The van der Waals surface area contributed by atoms with E-state index >= 15 is 4.39 Å². The number of halogens is 1. The highest BCUT2D eigenvalue weighted by atomic mass is 19.1. The smallest absolute Gasteiger partial charge is 0.166 e. The van der Waals surface area contributed by atoms with Gasteiger partial charge >= 0.3 is 0 Å². The van der Waals surface area contributed by atoms with E-state index < -0.39 is 0 Å². The van der Waals surface area contributed by atoms with Crippen LogP contribution in [0.2, 0.25) is 0 Å². The van der Waals surface area contributed by atoms with Crippen molar-refractivity contribution in [3.63, 3.8) is 0 Å². The molecule has 0 amide bonds. The zero-order valence-electron chi connectivity index (χ0n) is 17.3. The lowest BCUT2D eigenvalue weighted by Crippen LogP contribution is -2.44. The average Bonchev–Trinajstić information content (AvgIpc) is 2.67. The number of benzene rings is 1. The third-order valence-electron chi connectivity index (χ3n) is 7.60. The number of methoxy groups -OCH3 is 2. The Morgan fingerprint density at radius 2 is 1.96 bits per heavy atom. The maximum atomic E-state index is 15.0. The predicted molar refractivity (Wildman–Crippen MR) is 106 cm³/mol. The molecule has 0 saturated heterocycles. The van der Waals surface area contributed by atoms with Gasteiger partial charge < -0.3 is 14.6 Å². The SMILES string of the molecule is COc1cc(CO)c(F)c(CCC2C(C)CCC3CCCCC32C)c1OC. The molecular weight excluding hydrogens is 343 g/mol. The highest BCUT2D eigenvalue weighted by Gasteiger charge is 2.47. The molecule has 0 bridgehead atoms. The molecule has 152 valence electrons. The van der Waals surface area contributed by atoms with Crippen molar-refractivity contribution in [1.82, 2.24) is 0 Å². The normalized spacial score (nSPS) is 30.7. The van der Waals surface area contributed by atoms with Crippen LogP contribution in [0, 0.1) is 29.0 Å². The topological polar surface area (TPSA) is 38.7 Å². The predicted octanol–water partition coefficient (Wildman–Crippen LogP) is 5.51. The molecular formula is C23H35FO3. The summed E-state index contributed by atoms with van der Waals surface area (Å²) in [6.07, 6.45) is 9.54. The van der Waals surface area contributed by atoms with Crippen LogP contribution in [0.15, 0.2) is 6.07 Å². The van der Waals surface area contributed by atoms with E-state index in [4.69, 9.17) is 9.47 Å². The van der Waals surface area contributed by atoms with Crippen molar-refractivity contribution >= 4 is 0 Å². The van der Waals surface area contributed by atoms with E-state index in [0.717, 1.165) is 12.3 Å². The minimum absolute atomic E-state index is 0.279. The molecule has 2 saturated carbocycles. The zero-order chi connectivity index (χ0) is 19.6. The molecule has 3 nitrogen and oxygen atoms in total. The average molecular weight is 379 g/mol. The Hall–Kier alpha value is -1.29. The number of hydrogen-bond acceptors (Lipinski definition) is 3. The molecule has 0 spiro atoms. The van der Waals surface area contributed by atoms with Crippen LogP contribution in [-0.4, -0.2) is 19.3 Å². The van der Waals surface area contributed by atoms with Gasteiger partial charge in [-0.2, -0.15) is 0 Å². The summed E-state index contributed by atoms with van der Waals surface area (Å²) in [4.78, 5) is 0. The fraction of sp³-hybridized carbons (Fsp3) is 0.739. The van der Waals surface area contributed by atoms with Crippen LogP contribution in [0.25, 0.3) is 0 Å². The third-order valence-corrected chi connectivity index (χ3v) is 7.60. The Bertz CT molecular complexity index is 660. The van der Waals surface area contributed by atoms with Crippen molar-refractivity contribution in [3.8, 4) is 11.5 Å². The minimum atomic E-state index is -0.344. The number of aliphatic hydroxyl groups excluding tert-OH is 1. The molecule has 4 heteroatoms. The first-order valence-electron chi connectivity index (χ1n) is 10.5. The largest absolute Gasteiger partial charge is 0.493 e. The van der Waals surface area contributed by atoms with Crippen LogP contribution in [0.1, 0.15) is 69.9 Å². The molecule has 3 rings (SSSR count). The Morgan fingerprint density at radius 3 is 2.63 bits per heavy atom. The van der Waals surface area contributed by atoms with Gasteiger partial charge in [0.05, 0.1) is 20.8 Å². The van der Waals surface area contributed by atoms with Crippen molar-refractivity contribution in [1.29, 1.82) is 0 Å². The second-order valence-corrected chi connectivity index (χ2v) is 8.87. The number of aliphatic hydroxyl groups is 1. The van der Waals surface area contributed by atoms with Crippen LogP contribution < -0.4 is 9.47 Å².